The lowest BCUT2D eigenvalue weighted by atomic mass is 9.79. The van der Waals surface area contributed by atoms with Crippen molar-refractivity contribution in [1.29, 1.82) is 0 Å². The first-order valence-electron chi connectivity index (χ1n) is 8.52. The molecule has 1 fully saturated rings. The van der Waals surface area contributed by atoms with Gasteiger partial charge in [0.2, 0.25) is 0 Å². The zero-order chi connectivity index (χ0) is 19.7. The SMILES string of the molecule is O=CCCN[C@@H]1[C@H](O)[C@H](NCCC(=O)O)[C@H](O)[C@H](NCC(O)CO)[C@@H]1O. The van der Waals surface area contributed by atoms with Crippen molar-refractivity contribution in [3.8, 4) is 0 Å². The second kappa shape index (κ2) is 11.5. The summed E-state index contributed by atoms with van der Waals surface area (Å²) in [4.78, 5) is 21.1. The van der Waals surface area contributed by atoms with Crippen LogP contribution in [0, 0.1) is 0 Å². The van der Waals surface area contributed by atoms with Gasteiger partial charge in [0, 0.05) is 26.1 Å². The van der Waals surface area contributed by atoms with Crippen LogP contribution in [0.2, 0.25) is 0 Å². The molecule has 0 bridgehead atoms. The van der Waals surface area contributed by atoms with Gasteiger partial charge in [-0.1, -0.05) is 0 Å². The van der Waals surface area contributed by atoms with E-state index in [2.05, 4.69) is 16.0 Å². The molecule has 0 aliphatic heterocycles. The standard InChI is InChI=1S/C15H29N3O8/c19-5-1-3-16-10-13(24)11(17-4-2-9(22)23)15(26)12(14(10)25)18-6-8(21)7-20/h5,8,10-18,20-21,24-26H,1-4,6-7H2,(H,22,23)/t8?,10-,11+,12-,13+,14-,15+/m1/s1. The maximum atomic E-state index is 10.7. The number of carbonyl (C=O) groups excluding carboxylic acids is 1. The monoisotopic (exact) mass is 379 g/mol. The van der Waals surface area contributed by atoms with Crippen molar-refractivity contribution in [2.75, 3.05) is 26.2 Å². The van der Waals surface area contributed by atoms with Gasteiger partial charge in [-0.25, -0.2) is 0 Å². The normalized spacial score (nSPS) is 33.0. The Morgan fingerprint density at radius 1 is 0.962 bits per heavy atom. The smallest absolute Gasteiger partial charge is 0.304 e. The van der Waals surface area contributed by atoms with Crippen LogP contribution in [0.3, 0.4) is 0 Å². The van der Waals surface area contributed by atoms with Crippen molar-refractivity contribution in [3.05, 3.63) is 0 Å². The van der Waals surface area contributed by atoms with Crippen LogP contribution in [-0.4, -0.2) is 112 Å². The van der Waals surface area contributed by atoms with Crippen LogP contribution in [0.25, 0.3) is 0 Å². The molecule has 11 nitrogen and oxygen atoms in total. The number of hydrogen-bond donors (Lipinski definition) is 9. The molecule has 0 amide bonds. The number of nitrogens with one attached hydrogen (secondary N) is 3. The fourth-order valence-corrected chi connectivity index (χ4v) is 2.99. The average Bonchev–Trinajstić information content (AvgIpc) is 2.60. The Bertz CT molecular complexity index is 441. The van der Waals surface area contributed by atoms with Gasteiger partial charge < -0.3 is 51.4 Å². The summed E-state index contributed by atoms with van der Waals surface area (Å²) in [5, 5.41) is 66.9. The fourth-order valence-electron chi connectivity index (χ4n) is 2.99. The molecule has 26 heavy (non-hydrogen) atoms. The second-order valence-corrected chi connectivity index (χ2v) is 6.30. The summed E-state index contributed by atoms with van der Waals surface area (Å²) in [5.74, 6) is -1.04. The van der Waals surface area contributed by atoms with Gasteiger partial charge in [0.15, 0.2) is 0 Å². The Balaban J connectivity index is 2.85. The largest absolute Gasteiger partial charge is 0.481 e. The first kappa shape index (κ1) is 22.9. The lowest BCUT2D eigenvalue weighted by Crippen LogP contribution is -2.74. The molecular weight excluding hydrogens is 350 g/mol. The number of rotatable bonds is 12. The van der Waals surface area contributed by atoms with Crippen molar-refractivity contribution in [1.82, 2.24) is 16.0 Å². The third kappa shape index (κ3) is 6.52. The molecule has 0 aromatic rings. The molecule has 0 spiro atoms. The van der Waals surface area contributed by atoms with E-state index in [-0.39, 0.29) is 32.5 Å². The molecule has 0 heterocycles. The molecule has 0 saturated heterocycles. The van der Waals surface area contributed by atoms with Crippen LogP contribution in [0.4, 0.5) is 0 Å². The molecule has 11 heteroatoms. The van der Waals surface area contributed by atoms with Crippen LogP contribution in [0.15, 0.2) is 0 Å². The van der Waals surface area contributed by atoms with Gasteiger partial charge in [0.25, 0.3) is 0 Å². The lowest BCUT2D eigenvalue weighted by Gasteiger charge is -2.47. The Hall–Kier alpha value is -1.18. The molecule has 1 unspecified atom stereocenters. The van der Waals surface area contributed by atoms with Gasteiger partial charge in [-0.15, -0.1) is 0 Å². The van der Waals surface area contributed by atoms with Crippen LogP contribution < -0.4 is 16.0 Å². The Labute approximate surface area is 151 Å². The number of hydrogen-bond acceptors (Lipinski definition) is 10. The van der Waals surface area contributed by atoms with Crippen molar-refractivity contribution in [3.63, 3.8) is 0 Å². The summed E-state index contributed by atoms with van der Waals surface area (Å²) in [7, 11) is 0. The predicted octanol–water partition coefficient (Wildman–Crippen LogP) is -4.63. The Kier molecular flexibility index (Phi) is 10.1. The molecule has 7 atom stereocenters. The molecule has 0 aromatic carbocycles. The van der Waals surface area contributed by atoms with Crippen molar-refractivity contribution >= 4 is 12.3 Å². The van der Waals surface area contributed by atoms with Gasteiger partial charge in [-0.3, -0.25) is 4.79 Å². The molecular formula is C15H29N3O8. The fraction of sp³-hybridized carbons (Fsp3) is 0.867. The van der Waals surface area contributed by atoms with E-state index >= 15 is 0 Å². The van der Waals surface area contributed by atoms with E-state index in [0.29, 0.717) is 6.29 Å². The molecule has 1 rings (SSSR count). The van der Waals surface area contributed by atoms with E-state index in [4.69, 9.17) is 10.2 Å². The highest BCUT2D eigenvalue weighted by atomic mass is 16.4. The minimum Gasteiger partial charge on any atom is -0.481 e. The number of aldehydes is 1. The summed E-state index contributed by atoms with van der Waals surface area (Å²) < 4.78 is 0. The summed E-state index contributed by atoms with van der Waals surface area (Å²) in [5.41, 5.74) is 0. The summed E-state index contributed by atoms with van der Waals surface area (Å²) in [6.07, 6.45) is -4.26. The molecule has 152 valence electrons. The number of carboxylic acids is 1. The highest BCUT2D eigenvalue weighted by Gasteiger charge is 2.48. The number of carboxylic acid groups (broad SMARTS) is 1. The minimum atomic E-state index is -1.29. The average molecular weight is 379 g/mol. The third-order valence-electron chi connectivity index (χ3n) is 4.37. The summed E-state index contributed by atoms with van der Waals surface area (Å²) in [6, 6.07) is -2.81. The number of aliphatic carboxylic acids is 1. The number of carbonyl (C=O) groups is 2. The minimum absolute atomic E-state index is 0.00272. The van der Waals surface area contributed by atoms with E-state index < -0.39 is 55.1 Å². The first-order chi connectivity index (χ1) is 12.3. The van der Waals surface area contributed by atoms with Crippen LogP contribution >= 0.6 is 0 Å². The van der Waals surface area contributed by atoms with E-state index in [1.54, 1.807) is 0 Å². The van der Waals surface area contributed by atoms with E-state index in [1.807, 2.05) is 0 Å². The third-order valence-corrected chi connectivity index (χ3v) is 4.37. The predicted molar refractivity (Wildman–Crippen MR) is 89.4 cm³/mol. The first-order valence-corrected chi connectivity index (χ1v) is 8.52. The highest BCUT2D eigenvalue weighted by molar-refractivity contribution is 5.66. The van der Waals surface area contributed by atoms with E-state index in [9.17, 15) is 30.0 Å². The zero-order valence-corrected chi connectivity index (χ0v) is 14.4. The van der Waals surface area contributed by atoms with Crippen molar-refractivity contribution in [2.45, 2.75) is 55.4 Å². The molecule has 0 radical (unpaired) electrons. The number of aliphatic hydroxyl groups excluding tert-OH is 5. The summed E-state index contributed by atoms with van der Waals surface area (Å²) >= 11 is 0. The van der Waals surface area contributed by atoms with Crippen LogP contribution in [0.5, 0.6) is 0 Å². The number of aliphatic hydroxyl groups is 5. The van der Waals surface area contributed by atoms with Gasteiger partial charge in [-0.05, 0) is 0 Å². The zero-order valence-electron chi connectivity index (χ0n) is 14.4. The molecule has 0 aromatic heterocycles. The van der Waals surface area contributed by atoms with Crippen molar-refractivity contribution in [2.24, 2.45) is 0 Å². The maximum absolute atomic E-state index is 10.7. The topological polar surface area (TPSA) is 192 Å². The van der Waals surface area contributed by atoms with Gasteiger partial charge >= 0.3 is 5.97 Å². The maximum Gasteiger partial charge on any atom is 0.304 e. The summed E-state index contributed by atoms with van der Waals surface area (Å²) in [6.45, 7) is -0.409. The molecule has 1 saturated carbocycles. The van der Waals surface area contributed by atoms with E-state index in [0.717, 1.165) is 0 Å². The van der Waals surface area contributed by atoms with Crippen molar-refractivity contribution < 1.29 is 40.2 Å². The van der Waals surface area contributed by atoms with Gasteiger partial charge in [0.05, 0.1) is 55.6 Å². The van der Waals surface area contributed by atoms with Gasteiger partial charge in [-0.2, -0.15) is 0 Å². The Morgan fingerprint density at radius 3 is 1.92 bits per heavy atom. The van der Waals surface area contributed by atoms with Crippen LogP contribution in [0.1, 0.15) is 12.8 Å². The molecule has 1 aliphatic carbocycles. The second-order valence-electron chi connectivity index (χ2n) is 6.30. The van der Waals surface area contributed by atoms with Crippen LogP contribution in [-0.2, 0) is 9.59 Å². The molecule has 9 N–H and O–H groups in total. The van der Waals surface area contributed by atoms with E-state index in [1.165, 1.54) is 0 Å². The van der Waals surface area contributed by atoms with Gasteiger partial charge in [0.1, 0.15) is 6.29 Å². The lowest BCUT2D eigenvalue weighted by molar-refractivity contribution is -0.137. The highest BCUT2D eigenvalue weighted by Crippen LogP contribution is 2.22. The Morgan fingerprint density at radius 2 is 1.46 bits per heavy atom. The molecule has 1 aliphatic rings. The quantitative estimate of drug-likeness (QED) is 0.117.